The van der Waals surface area contributed by atoms with Crippen LogP contribution in [0.1, 0.15) is 0 Å². The van der Waals surface area contributed by atoms with Gasteiger partial charge in [-0.2, -0.15) is 0 Å². The molecule has 1 aromatic heterocycles. The van der Waals surface area contributed by atoms with E-state index in [4.69, 9.17) is 0 Å². The molecule has 76 valence electrons. The Kier molecular flexibility index (Phi) is 2.86. The van der Waals surface area contributed by atoms with Gasteiger partial charge in [0.1, 0.15) is 5.82 Å². The number of aromatic nitrogens is 2. The molecule has 1 saturated heterocycles. The van der Waals surface area contributed by atoms with Crippen LogP contribution in [0.15, 0.2) is 17.4 Å². The molecule has 0 atom stereocenters. The molecule has 0 bridgehead atoms. The van der Waals surface area contributed by atoms with E-state index in [1.54, 1.807) is 6.20 Å². The van der Waals surface area contributed by atoms with Gasteiger partial charge in [0.2, 0.25) is 0 Å². The van der Waals surface area contributed by atoms with E-state index in [2.05, 4.69) is 14.9 Å². The molecule has 0 N–H and O–H groups in total. The van der Waals surface area contributed by atoms with Crippen LogP contribution in [0.25, 0.3) is 0 Å². The molecule has 1 aliphatic rings. The predicted octanol–water partition coefficient (Wildman–Crippen LogP) is 1.60. The van der Waals surface area contributed by atoms with E-state index in [-0.39, 0.29) is 12.6 Å². The summed E-state index contributed by atoms with van der Waals surface area (Å²) in [5.74, 6) is 1.11. The van der Waals surface area contributed by atoms with Crippen LogP contribution in [-0.2, 0) is 0 Å². The molecule has 1 aliphatic heterocycles. The Bertz CT molecular complexity index is 315. The number of nitrogens with zero attached hydrogens (tertiary/aromatic N) is 3. The van der Waals surface area contributed by atoms with Gasteiger partial charge in [0.05, 0.1) is 6.67 Å². The fourth-order valence-electron chi connectivity index (χ4n) is 1.46. The van der Waals surface area contributed by atoms with Crippen molar-refractivity contribution >= 4 is 17.6 Å². The number of anilines is 1. The van der Waals surface area contributed by atoms with Crippen molar-refractivity contribution in [3.05, 3.63) is 12.3 Å². The molecule has 0 aromatic carbocycles. The maximum absolute atomic E-state index is 12.2. The first-order valence-electron chi connectivity index (χ1n) is 4.51. The van der Waals surface area contributed by atoms with Crippen LogP contribution < -0.4 is 4.90 Å². The minimum atomic E-state index is -0.225. The van der Waals surface area contributed by atoms with Gasteiger partial charge in [-0.1, -0.05) is 11.8 Å². The molecule has 14 heavy (non-hydrogen) atoms. The van der Waals surface area contributed by atoms with Crippen molar-refractivity contribution in [2.45, 2.75) is 5.16 Å². The summed E-state index contributed by atoms with van der Waals surface area (Å²) in [6, 6.07) is 1.87. The monoisotopic (exact) mass is 213 g/mol. The Labute approximate surface area is 86.7 Å². The highest BCUT2D eigenvalue weighted by Crippen LogP contribution is 2.23. The Morgan fingerprint density at radius 2 is 2.43 bits per heavy atom. The van der Waals surface area contributed by atoms with Crippen LogP contribution in [0.2, 0.25) is 0 Å². The third kappa shape index (κ3) is 1.82. The van der Waals surface area contributed by atoms with Gasteiger partial charge >= 0.3 is 0 Å². The van der Waals surface area contributed by atoms with Crippen molar-refractivity contribution in [2.24, 2.45) is 5.92 Å². The quantitative estimate of drug-likeness (QED) is 0.563. The zero-order valence-corrected chi connectivity index (χ0v) is 8.80. The normalized spacial score (nSPS) is 16.9. The topological polar surface area (TPSA) is 29.0 Å². The van der Waals surface area contributed by atoms with Crippen LogP contribution >= 0.6 is 11.8 Å². The summed E-state index contributed by atoms with van der Waals surface area (Å²) < 4.78 is 12.2. The molecular weight excluding hydrogens is 201 g/mol. The van der Waals surface area contributed by atoms with Crippen molar-refractivity contribution in [1.82, 2.24) is 9.97 Å². The van der Waals surface area contributed by atoms with Crippen LogP contribution in [0, 0.1) is 5.92 Å². The zero-order valence-electron chi connectivity index (χ0n) is 7.98. The predicted molar refractivity (Wildman–Crippen MR) is 55.5 cm³/mol. The van der Waals surface area contributed by atoms with Crippen molar-refractivity contribution in [3.8, 4) is 0 Å². The number of alkyl halides is 1. The third-order valence-electron chi connectivity index (χ3n) is 2.30. The molecule has 5 heteroatoms. The summed E-state index contributed by atoms with van der Waals surface area (Å²) in [6.07, 6.45) is 3.69. The second-order valence-corrected chi connectivity index (χ2v) is 4.10. The molecule has 0 aliphatic carbocycles. The number of halogens is 1. The minimum absolute atomic E-state index is 0.197. The Morgan fingerprint density at radius 1 is 1.64 bits per heavy atom. The van der Waals surface area contributed by atoms with E-state index in [0.29, 0.717) is 0 Å². The fourth-order valence-corrected chi connectivity index (χ4v) is 1.81. The third-order valence-corrected chi connectivity index (χ3v) is 2.86. The van der Waals surface area contributed by atoms with Gasteiger partial charge in [-0.15, -0.1) is 0 Å². The van der Waals surface area contributed by atoms with Crippen molar-refractivity contribution < 1.29 is 4.39 Å². The highest BCUT2D eigenvalue weighted by Gasteiger charge is 2.27. The molecule has 2 heterocycles. The minimum Gasteiger partial charge on any atom is -0.356 e. The Hall–Kier alpha value is -0.840. The van der Waals surface area contributed by atoms with Gasteiger partial charge in [0.15, 0.2) is 5.16 Å². The summed E-state index contributed by atoms with van der Waals surface area (Å²) in [6.45, 7) is 1.33. The maximum atomic E-state index is 12.2. The van der Waals surface area contributed by atoms with Gasteiger partial charge in [0.25, 0.3) is 0 Å². The van der Waals surface area contributed by atoms with Crippen LogP contribution in [0.5, 0.6) is 0 Å². The Balaban J connectivity index is 2.03. The SMILES string of the molecule is CSc1nccc(N2CC(CF)C2)n1. The number of hydrogen-bond donors (Lipinski definition) is 0. The molecular formula is C9H12FN3S. The lowest BCUT2D eigenvalue weighted by Crippen LogP contribution is -2.48. The summed E-state index contributed by atoms with van der Waals surface area (Å²) >= 11 is 1.52. The molecule has 0 radical (unpaired) electrons. The number of thioether (sulfide) groups is 1. The molecule has 0 unspecified atom stereocenters. The first-order chi connectivity index (χ1) is 6.83. The summed E-state index contributed by atoms with van der Waals surface area (Å²) in [7, 11) is 0. The van der Waals surface area contributed by atoms with Crippen LogP contribution in [0.4, 0.5) is 10.2 Å². The van der Waals surface area contributed by atoms with E-state index in [0.717, 1.165) is 24.1 Å². The molecule has 3 nitrogen and oxygen atoms in total. The highest BCUT2D eigenvalue weighted by molar-refractivity contribution is 7.98. The van der Waals surface area contributed by atoms with E-state index in [1.165, 1.54) is 11.8 Å². The second-order valence-electron chi connectivity index (χ2n) is 3.33. The molecule has 1 fully saturated rings. The van der Waals surface area contributed by atoms with Gasteiger partial charge in [-0.3, -0.25) is 4.39 Å². The average molecular weight is 213 g/mol. The van der Waals surface area contributed by atoms with Gasteiger partial charge < -0.3 is 4.90 Å². The molecule has 1 aromatic rings. The zero-order chi connectivity index (χ0) is 9.97. The lowest BCUT2D eigenvalue weighted by Gasteiger charge is -2.38. The molecule has 0 spiro atoms. The summed E-state index contributed by atoms with van der Waals surface area (Å²) in [4.78, 5) is 10.5. The smallest absolute Gasteiger partial charge is 0.189 e. The van der Waals surface area contributed by atoms with E-state index < -0.39 is 0 Å². The largest absolute Gasteiger partial charge is 0.356 e. The van der Waals surface area contributed by atoms with E-state index >= 15 is 0 Å². The van der Waals surface area contributed by atoms with Crippen LogP contribution in [0.3, 0.4) is 0 Å². The first-order valence-corrected chi connectivity index (χ1v) is 5.74. The number of rotatable bonds is 3. The van der Waals surface area contributed by atoms with E-state index in [1.807, 2.05) is 12.3 Å². The molecule has 0 amide bonds. The molecule has 0 saturated carbocycles. The lowest BCUT2D eigenvalue weighted by molar-refractivity contribution is 0.304. The highest BCUT2D eigenvalue weighted by atomic mass is 32.2. The second kappa shape index (κ2) is 4.13. The van der Waals surface area contributed by atoms with Crippen molar-refractivity contribution in [1.29, 1.82) is 0 Å². The van der Waals surface area contributed by atoms with Gasteiger partial charge in [-0.25, -0.2) is 9.97 Å². The average Bonchev–Trinajstić information content (AvgIpc) is 2.17. The van der Waals surface area contributed by atoms with Crippen molar-refractivity contribution in [2.75, 3.05) is 30.9 Å². The van der Waals surface area contributed by atoms with Crippen molar-refractivity contribution in [3.63, 3.8) is 0 Å². The van der Waals surface area contributed by atoms with Gasteiger partial charge in [-0.05, 0) is 12.3 Å². The molecule has 2 rings (SSSR count). The standard InChI is InChI=1S/C9H12FN3S/c1-14-9-11-3-2-8(12-9)13-5-7(4-10)6-13/h2-3,7H,4-6H2,1H3. The summed E-state index contributed by atoms with van der Waals surface area (Å²) in [5.41, 5.74) is 0. The van der Waals surface area contributed by atoms with Crippen LogP contribution in [-0.4, -0.2) is 36.0 Å². The lowest BCUT2D eigenvalue weighted by atomic mass is 10.0. The Morgan fingerprint density at radius 3 is 3.07 bits per heavy atom. The fraction of sp³-hybridized carbons (Fsp3) is 0.556. The summed E-state index contributed by atoms with van der Waals surface area (Å²) in [5, 5.41) is 0.770. The maximum Gasteiger partial charge on any atom is 0.189 e. The first kappa shape index (κ1) is 9.71. The number of hydrogen-bond acceptors (Lipinski definition) is 4. The van der Waals surface area contributed by atoms with E-state index in [9.17, 15) is 4.39 Å². The van der Waals surface area contributed by atoms with Gasteiger partial charge in [0, 0.05) is 25.2 Å².